The van der Waals surface area contributed by atoms with Crippen molar-refractivity contribution in [1.82, 2.24) is 0 Å². The Bertz CT molecular complexity index is 516. The number of rotatable bonds is 11. The minimum Gasteiger partial charge on any atom is -0.138 e. The fourth-order valence-corrected chi connectivity index (χ4v) is 8.08. The van der Waals surface area contributed by atoms with Gasteiger partial charge in [0.05, 0.1) is 0 Å². The molecule has 1 aromatic carbocycles. The van der Waals surface area contributed by atoms with Gasteiger partial charge in [-0.3, -0.25) is 0 Å². The van der Waals surface area contributed by atoms with Gasteiger partial charge < -0.3 is 0 Å². The van der Waals surface area contributed by atoms with E-state index in [0.29, 0.717) is 5.16 Å². The van der Waals surface area contributed by atoms with Crippen molar-refractivity contribution in [2.24, 2.45) is 5.92 Å². The molecule has 0 nitrogen and oxygen atoms in total. The molecule has 2 saturated carbocycles. The van der Waals surface area contributed by atoms with Crippen LogP contribution in [-0.4, -0.2) is 11.3 Å². The molecule has 3 rings (SSSR count). The zero-order valence-electron chi connectivity index (χ0n) is 18.1. The molecule has 2 fully saturated rings. The van der Waals surface area contributed by atoms with Crippen LogP contribution >= 0.6 is 17.8 Å². The molecule has 2 aliphatic carbocycles. The topological polar surface area (TPSA) is 0 Å². The predicted molar refractivity (Wildman–Crippen MR) is 132 cm³/mol. The van der Waals surface area contributed by atoms with Crippen LogP contribution in [0.3, 0.4) is 0 Å². The van der Waals surface area contributed by atoms with Gasteiger partial charge in [0.15, 0.2) is 0 Å². The summed E-state index contributed by atoms with van der Waals surface area (Å²) in [5.41, 5.74) is 0. The summed E-state index contributed by atoms with van der Waals surface area (Å²) in [7, 11) is 3.96. The average Bonchev–Trinajstić information content (AvgIpc) is 2.76. The van der Waals surface area contributed by atoms with E-state index in [-0.39, 0.29) is 0 Å². The van der Waals surface area contributed by atoms with Crippen molar-refractivity contribution in [3.05, 3.63) is 36.2 Å². The molecule has 0 amide bonds. The van der Waals surface area contributed by atoms with Gasteiger partial charge in [0.2, 0.25) is 0 Å². The van der Waals surface area contributed by atoms with Gasteiger partial charge in [0.25, 0.3) is 0 Å². The number of hydrogen-bond acceptors (Lipinski definition) is 0. The molecular formula is C26H43P2. The second-order valence-corrected chi connectivity index (χ2v) is 11.8. The van der Waals surface area contributed by atoms with E-state index >= 15 is 0 Å². The summed E-state index contributed by atoms with van der Waals surface area (Å²) in [6.45, 7) is 0. The molecule has 28 heavy (non-hydrogen) atoms. The summed E-state index contributed by atoms with van der Waals surface area (Å²) < 4.78 is 0. The van der Waals surface area contributed by atoms with Crippen LogP contribution in [0, 0.1) is 11.8 Å². The maximum atomic E-state index is 2.95. The van der Waals surface area contributed by atoms with Crippen molar-refractivity contribution in [3.8, 4) is 0 Å². The van der Waals surface area contributed by atoms with Crippen molar-refractivity contribution in [1.29, 1.82) is 0 Å². The Hall–Kier alpha value is 0.0800. The molecule has 1 radical (unpaired) electrons. The molecule has 0 spiro atoms. The normalized spacial score (nSPS) is 21.9. The molecule has 2 heteroatoms. The third-order valence-electron chi connectivity index (χ3n) is 7.34. The first-order valence-electron chi connectivity index (χ1n) is 12.2. The highest BCUT2D eigenvalue weighted by atomic mass is 31.1. The molecular weight excluding hydrogens is 374 g/mol. The summed E-state index contributed by atoms with van der Waals surface area (Å²) in [6, 6.07) is 11.5. The van der Waals surface area contributed by atoms with Crippen molar-refractivity contribution in [3.63, 3.8) is 0 Å². The quantitative estimate of drug-likeness (QED) is 0.252. The van der Waals surface area contributed by atoms with E-state index in [9.17, 15) is 0 Å². The number of hydrogen-bond donors (Lipinski definition) is 0. The molecule has 1 aromatic rings. The van der Waals surface area contributed by atoms with Gasteiger partial charge in [0, 0.05) is 0 Å². The van der Waals surface area contributed by atoms with Gasteiger partial charge in [0.1, 0.15) is 0 Å². The molecule has 0 aromatic heterocycles. The fourth-order valence-electron chi connectivity index (χ4n) is 5.76. The summed E-state index contributed by atoms with van der Waals surface area (Å²) in [5, 5.41) is 2.20. The average molecular weight is 418 g/mol. The molecule has 0 N–H and O–H groups in total. The van der Waals surface area contributed by atoms with Crippen LogP contribution in [0.5, 0.6) is 0 Å². The lowest BCUT2D eigenvalue weighted by Gasteiger charge is -2.44. The Kier molecular flexibility index (Phi) is 10.3. The van der Waals surface area contributed by atoms with E-state index in [1.165, 1.54) is 109 Å². The van der Waals surface area contributed by atoms with Gasteiger partial charge in [-0.1, -0.05) is 90.3 Å². The molecule has 0 heterocycles. The maximum absolute atomic E-state index is 2.95. The SMILES string of the molecule is PCCCCC(CCC[C]1CCCCC1)(Pc1ccccc1)C1CCCCC1. The van der Waals surface area contributed by atoms with Crippen LogP contribution in [0.2, 0.25) is 0 Å². The third-order valence-corrected chi connectivity index (χ3v) is 9.78. The second kappa shape index (κ2) is 12.7. The minimum atomic E-state index is 0.580. The van der Waals surface area contributed by atoms with Crippen molar-refractivity contribution in [2.75, 3.05) is 6.16 Å². The van der Waals surface area contributed by atoms with E-state index in [0.717, 1.165) is 14.5 Å². The standard InChI is InChI=1S/C26H43P2/c27-22-11-10-20-26(24-16-6-2-7-17-24,28-25-18-8-3-9-19-25)21-12-15-23-13-4-1-5-14-23/h3,8-9,18-19,24,28H,1-2,4-7,10-17,20-22,27H2. The van der Waals surface area contributed by atoms with E-state index in [4.69, 9.17) is 0 Å². The fraction of sp³-hybridized carbons (Fsp3) is 0.731. The van der Waals surface area contributed by atoms with Gasteiger partial charge in [-0.25, -0.2) is 0 Å². The summed E-state index contributed by atoms with van der Waals surface area (Å²) in [6.07, 6.45) is 24.6. The predicted octanol–water partition coefficient (Wildman–Crippen LogP) is 8.06. The number of unbranched alkanes of at least 4 members (excludes halogenated alkanes) is 1. The first-order valence-corrected chi connectivity index (χ1v) is 14.0. The van der Waals surface area contributed by atoms with Crippen molar-refractivity contribution in [2.45, 2.75) is 108 Å². The van der Waals surface area contributed by atoms with Crippen LogP contribution in [0.15, 0.2) is 30.3 Å². The first-order chi connectivity index (χ1) is 13.8. The Balaban J connectivity index is 1.71. The maximum Gasteiger partial charge on any atom is -0.00534 e. The molecule has 0 saturated heterocycles. The lowest BCUT2D eigenvalue weighted by atomic mass is 9.74. The molecule has 0 aliphatic heterocycles. The zero-order chi connectivity index (χ0) is 19.5. The number of benzene rings is 1. The van der Waals surface area contributed by atoms with Gasteiger partial charge in [-0.15, -0.1) is 9.24 Å². The van der Waals surface area contributed by atoms with E-state index in [1.807, 2.05) is 5.92 Å². The highest BCUT2D eigenvalue weighted by Crippen LogP contribution is 2.51. The van der Waals surface area contributed by atoms with Gasteiger partial charge >= 0.3 is 0 Å². The zero-order valence-corrected chi connectivity index (χ0v) is 20.2. The molecule has 2 aliphatic rings. The largest absolute Gasteiger partial charge is 0.138 e. The Morgan fingerprint density at radius 2 is 1.50 bits per heavy atom. The third kappa shape index (κ3) is 7.10. The molecule has 3 atom stereocenters. The van der Waals surface area contributed by atoms with Crippen LogP contribution in [0.1, 0.15) is 103 Å². The highest BCUT2D eigenvalue weighted by Gasteiger charge is 2.38. The van der Waals surface area contributed by atoms with Gasteiger partial charge in [-0.05, 0) is 79.8 Å². The van der Waals surface area contributed by atoms with Gasteiger partial charge in [-0.2, -0.15) is 0 Å². The summed E-state index contributed by atoms with van der Waals surface area (Å²) in [4.78, 5) is 0. The van der Waals surface area contributed by atoms with Crippen LogP contribution in [0.25, 0.3) is 0 Å². The summed E-state index contributed by atoms with van der Waals surface area (Å²) >= 11 is 0. The van der Waals surface area contributed by atoms with Crippen molar-refractivity contribution < 1.29 is 0 Å². The summed E-state index contributed by atoms with van der Waals surface area (Å²) in [5.74, 6) is 2.87. The van der Waals surface area contributed by atoms with Crippen LogP contribution in [-0.2, 0) is 0 Å². The molecule has 0 bridgehead atoms. The molecule has 157 valence electrons. The Morgan fingerprint density at radius 1 is 0.821 bits per heavy atom. The van der Waals surface area contributed by atoms with E-state index < -0.39 is 0 Å². The van der Waals surface area contributed by atoms with E-state index in [1.54, 1.807) is 5.30 Å². The lowest BCUT2D eigenvalue weighted by molar-refractivity contribution is 0.245. The minimum absolute atomic E-state index is 0.580. The first kappa shape index (κ1) is 22.8. The highest BCUT2D eigenvalue weighted by molar-refractivity contribution is 7.49. The second-order valence-electron chi connectivity index (χ2n) is 9.39. The molecule has 3 unspecified atom stereocenters. The Labute approximate surface area is 179 Å². The van der Waals surface area contributed by atoms with E-state index in [2.05, 4.69) is 39.6 Å². The lowest BCUT2D eigenvalue weighted by Crippen LogP contribution is -2.37. The smallest absolute Gasteiger partial charge is 0.00534 e. The van der Waals surface area contributed by atoms with Crippen LogP contribution < -0.4 is 5.30 Å². The van der Waals surface area contributed by atoms with Crippen molar-refractivity contribution >= 4 is 23.1 Å². The Morgan fingerprint density at radius 3 is 2.21 bits per heavy atom. The van der Waals surface area contributed by atoms with Crippen LogP contribution in [0.4, 0.5) is 0 Å². The monoisotopic (exact) mass is 417 g/mol.